The molecule has 0 amide bonds. The number of unbranched alkanes of at least 4 members (excludes halogenated alkanes) is 1. The first-order valence-corrected chi connectivity index (χ1v) is 6.79. The Morgan fingerprint density at radius 1 is 1.31 bits per heavy atom. The molecule has 0 spiro atoms. The summed E-state index contributed by atoms with van der Waals surface area (Å²) in [4.78, 5) is 0. The normalized spacial score (nSPS) is 41.0. The molecule has 0 saturated heterocycles. The van der Waals surface area contributed by atoms with E-state index in [4.69, 9.17) is 5.11 Å². The van der Waals surface area contributed by atoms with Crippen LogP contribution >= 0.6 is 0 Å². The van der Waals surface area contributed by atoms with Gasteiger partial charge >= 0.3 is 0 Å². The predicted octanol–water partition coefficient (Wildman–Crippen LogP) is 3.78. The molecule has 0 heterocycles. The van der Waals surface area contributed by atoms with E-state index in [0.717, 1.165) is 24.7 Å². The molecule has 16 heavy (non-hydrogen) atoms. The number of rotatable bonds is 4. The molecule has 3 fully saturated rings. The van der Waals surface area contributed by atoms with Gasteiger partial charge in [0.2, 0.25) is 0 Å². The van der Waals surface area contributed by atoms with Crippen LogP contribution in [0.25, 0.3) is 0 Å². The first-order valence-electron chi connectivity index (χ1n) is 6.79. The van der Waals surface area contributed by atoms with Crippen LogP contribution in [-0.2, 0) is 0 Å². The third-order valence-corrected chi connectivity index (χ3v) is 5.33. The van der Waals surface area contributed by atoms with E-state index in [1.54, 1.807) is 0 Å². The van der Waals surface area contributed by atoms with Crippen molar-refractivity contribution in [3.05, 3.63) is 12.2 Å². The zero-order chi connectivity index (χ0) is 11.8. The highest BCUT2D eigenvalue weighted by molar-refractivity contribution is 5.14. The van der Waals surface area contributed by atoms with Crippen molar-refractivity contribution in [3.63, 3.8) is 0 Å². The number of allylic oxidation sites excluding steroid dienone is 2. The predicted molar refractivity (Wildman–Crippen MR) is 68.2 cm³/mol. The Bertz CT molecular complexity index is 277. The van der Waals surface area contributed by atoms with Crippen LogP contribution in [0.3, 0.4) is 0 Å². The van der Waals surface area contributed by atoms with Gasteiger partial charge in [-0.2, -0.15) is 0 Å². The first-order chi connectivity index (χ1) is 7.50. The Hall–Kier alpha value is -0.300. The van der Waals surface area contributed by atoms with Crippen LogP contribution in [0, 0.1) is 22.7 Å². The number of fused-ring (bicyclic) bond motifs is 2. The van der Waals surface area contributed by atoms with E-state index in [1.807, 2.05) is 0 Å². The summed E-state index contributed by atoms with van der Waals surface area (Å²) in [5.41, 5.74) is 0.988. The van der Waals surface area contributed by atoms with Crippen LogP contribution in [-0.4, -0.2) is 11.7 Å². The minimum Gasteiger partial charge on any atom is -0.396 e. The fourth-order valence-electron chi connectivity index (χ4n) is 4.05. The largest absolute Gasteiger partial charge is 0.396 e. The Labute approximate surface area is 99.9 Å². The molecule has 2 bridgehead atoms. The van der Waals surface area contributed by atoms with Crippen molar-refractivity contribution in [2.45, 2.75) is 52.9 Å². The summed E-state index contributed by atoms with van der Waals surface area (Å²) < 4.78 is 0. The maximum atomic E-state index is 8.78. The van der Waals surface area contributed by atoms with Gasteiger partial charge in [0, 0.05) is 6.61 Å². The van der Waals surface area contributed by atoms with E-state index in [1.165, 1.54) is 19.3 Å². The third kappa shape index (κ3) is 1.84. The second kappa shape index (κ2) is 4.18. The van der Waals surface area contributed by atoms with Crippen molar-refractivity contribution < 1.29 is 5.11 Å². The number of aliphatic hydroxyl groups is 1. The molecule has 1 heteroatoms. The summed E-state index contributed by atoms with van der Waals surface area (Å²) in [6.07, 6.45) is 10.9. The van der Waals surface area contributed by atoms with E-state index in [-0.39, 0.29) is 0 Å². The second-order valence-electron chi connectivity index (χ2n) is 6.62. The molecule has 0 aliphatic heterocycles. The summed E-state index contributed by atoms with van der Waals surface area (Å²) in [6.45, 7) is 7.65. The first kappa shape index (κ1) is 12.2. The quantitative estimate of drug-likeness (QED) is 0.567. The number of aliphatic hydroxyl groups excluding tert-OH is 1. The van der Waals surface area contributed by atoms with Gasteiger partial charge in [-0.05, 0) is 54.8 Å². The molecule has 0 aromatic heterocycles. The van der Waals surface area contributed by atoms with Crippen molar-refractivity contribution in [3.8, 4) is 0 Å². The molecule has 0 aromatic rings. The van der Waals surface area contributed by atoms with Crippen LogP contribution in [0.1, 0.15) is 52.9 Å². The van der Waals surface area contributed by atoms with Gasteiger partial charge in [-0.3, -0.25) is 0 Å². The van der Waals surface area contributed by atoms with Gasteiger partial charge in [-0.25, -0.2) is 0 Å². The molecular formula is C15H26O. The molecule has 3 rings (SSSR count). The van der Waals surface area contributed by atoms with Crippen LogP contribution in [0.4, 0.5) is 0 Å². The Kier molecular flexibility index (Phi) is 3.18. The molecule has 3 saturated carbocycles. The highest BCUT2D eigenvalue weighted by Crippen LogP contribution is 2.66. The van der Waals surface area contributed by atoms with E-state index in [2.05, 4.69) is 32.9 Å². The van der Waals surface area contributed by atoms with Crippen LogP contribution in [0.15, 0.2) is 12.2 Å². The Morgan fingerprint density at radius 3 is 2.62 bits per heavy atom. The fraction of sp³-hybridized carbons (Fsp3) is 0.867. The van der Waals surface area contributed by atoms with Gasteiger partial charge in [-0.1, -0.05) is 32.9 Å². The van der Waals surface area contributed by atoms with Gasteiger partial charge in [0.05, 0.1) is 0 Å². The molecule has 0 radical (unpaired) electrons. The molecule has 1 N–H and O–H groups in total. The SMILES string of the molecule is CC1(C=CCCCO)CCC2CC1C2(C)C. The maximum Gasteiger partial charge on any atom is 0.0433 e. The maximum absolute atomic E-state index is 8.78. The molecule has 3 aliphatic carbocycles. The molecule has 3 unspecified atom stereocenters. The monoisotopic (exact) mass is 222 g/mol. The molecule has 0 aromatic carbocycles. The van der Waals surface area contributed by atoms with E-state index < -0.39 is 0 Å². The van der Waals surface area contributed by atoms with E-state index in [9.17, 15) is 0 Å². The summed E-state index contributed by atoms with van der Waals surface area (Å²) in [5.74, 6) is 1.86. The van der Waals surface area contributed by atoms with E-state index >= 15 is 0 Å². The standard InChI is InChI=1S/C15H26O/c1-14(2)12-7-9-15(3,13(14)11-12)8-5-4-6-10-16/h5,8,12-13,16H,4,6-7,9-11H2,1-3H3. The molecular weight excluding hydrogens is 196 g/mol. The fourth-order valence-corrected chi connectivity index (χ4v) is 4.05. The third-order valence-electron chi connectivity index (χ3n) is 5.33. The molecule has 1 nitrogen and oxygen atoms in total. The van der Waals surface area contributed by atoms with Crippen molar-refractivity contribution in [1.29, 1.82) is 0 Å². The van der Waals surface area contributed by atoms with Crippen LogP contribution in [0.2, 0.25) is 0 Å². The average molecular weight is 222 g/mol. The molecule has 3 atom stereocenters. The lowest BCUT2D eigenvalue weighted by Gasteiger charge is -2.64. The van der Waals surface area contributed by atoms with Gasteiger partial charge in [0.1, 0.15) is 0 Å². The zero-order valence-electron chi connectivity index (χ0n) is 11.0. The van der Waals surface area contributed by atoms with Crippen LogP contribution < -0.4 is 0 Å². The zero-order valence-corrected chi connectivity index (χ0v) is 11.0. The summed E-state index contributed by atoms with van der Waals surface area (Å²) in [5, 5.41) is 8.78. The lowest BCUT2D eigenvalue weighted by Crippen LogP contribution is -2.56. The number of hydrogen-bond acceptors (Lipinski definition) is 1. The summed E-state index contributed by atoms with van der Waals surface area (Å²) in [6, 6.07) is 0. The van der Waals surface area contributed by atoms with Crippen molar-refractivity contribution in [2.75, 3.05) is 6.61 Å². The smallest absolute Gasteiger partial charge is 0.0433 e. The topological polar surface area (TPSA) is 20.2 Å². The van der Waals surface area contributed by atoms with Crippen molar-refractivity contribution in [2.24, 2.45) is 22.7 Å². The highest BCUT2D eigenvalue weighted by atomic mass is 16.2. The van der Waals surface area contributed by atoms with Crippen molar-refractivity contribution in [1.82, 2.24) is 0 Å². The van der Waals surface area contributed by atoms with Gasteiger partial charge in [-0.15, -0.1) is 0 Å². The van der Waals surface area contributed by atoms with Gasteiger partial charge < -0.3 is 5.11 Å². The Balaban J connectivity index is 1.99. The lowest BCUT2D eigenvalue weighted by molar-refractivity contribution is -0.130. The lowest BCUT2D eigenvalue weighted by atomic mass is 9.41. The second-order valence-corrected chi connectivity index (χ2v) is 6.62. The highest BCUT2D eigenvalue weighted by Gasteiger charge is 2.58. The molecule has 92 valence electrons. The molecule has 3 aliphatic rings. The van der Waals surface area contributed by atoms with Gasteiger partial charge in [0.15, 0.2) is 0 Å². The van der Waals surface area contributed by atoms with Gasteiger partial charge in [0.25, 0.3) is 0 Å². The minimum atomic E-state index is 0.318. The average Bonchev–Trinajstić information content (AvgIpc) is 2.24. The number of hydrogen-bond donors (Lipinski definition) is 1. The summed E-state index contributed by atoms with van der Waals surface area (Å²) in [7, 11) is 0. The minimum absolute atomic E-state index is 0.318. The van der Waals surface area contributed by atoms with E-state index in [0.29, 0.717) is 17.4 Å². The summed E-state index contributed by atoms with van der Waals surface area (Å²) >= 11 is 0. The van der Waals surface area contributed by atoms with Crippen LogP contribution in [0.5, 0.6) is 0 Å². The Morgan fingerprint density at radius 2 is 2.06 bits per heavy atom. The van der Waals surface area contributed by atoms with Crippen molar-refractivity contribution >= 4 is 0 Å².